The first-order valence-electron chi connectivity index (χ1n) is 8.32. The van der Waals surface area contributed by atoms with Crippen molar-refractivity contribution in [2.45, 2.75) is 12.8 Å². The predicted molar refractivity (Wildman–Crippen MR) is 103 cm³/mol. The number of benzene rings is 2. The van der Waals surface area contributed by atoms with Crippen LogP contribution in [0.5, 0.6) is 0 Å². The summed E-state index contributed by atoms with van der Waals surface area (Å²) in [5, 5.41) is 2.71. The van der Waals surface area contributed by atoms with E-state index >= 15 is 0 Å². The highest BCUT2D eigenvalue weighted by atomic mass is 32.2. The Bertz CT molecular complexity index is 897. The molecule has 2 aromatic carbocycles. The van der Waals surface area contributed by atoms with Crippen LogP contribution in [-0.2, 0) is 19.6 Å². The van der Waals surface area contributed by atoms with Gasteiger partial charge in [-0.2, -0.15) is 0 Å². The molecule has 1 amide bonds. The zero-order chi connectivity index (χ0) is 19.9. The summed E-state index contributed by atoms with van der Waals surface area (Å²) in [5.74, 6) is -1.10. The van der Waals surface area contributed by atoms with Crippen LogP contribution in [-0.4, -0.2) is 39.7 Å². The van der Waals surface area contributed by atoms with Crippen LogP contribution in [0, 0.1) is 0 Å². The lowest BCUT2D eigenvalue weighted by atomic mass is 10.0. The van der Waals surface area contributed by atoms with Crippen LogP contribution in [0.2, 0.25) is 0 Å². The van der Waals surface area contributed by atoms with Gasteiger partial charge in [0.15, 0.2) is 6.61 Å². The predicted octanol–water partition coefficient (Wildman–Crippen LogP) is 2.13. The summed E-state index contributed by atoms with van der Waals surface area (Å²) in [6.07, 6.45) is 0.983. The molecule has 0 saturated carbocycles. The van der Waals surface area contributed by atoms with Gasteiger partial charge in [0.25, 0.3) is 5.91 Å². The monoisotopic (exact) mass is 390 g/mol. The highest BCUT2D eigenvalue weighted by Gasteiger charge is 2.16. The number of esters is 1. The molecule has 0 aliphatic carbocycles. The van der Waals surface area contributed by atoms with Crippen LogP contribution in [0.15, 0.2) is 54.6 Å². The Labute approximate surface area is 158 Å². The number of hydrogen-bond acceptors (Lipinski definition) is 5. The number of carbonyl (C=O) groups is 2. The van der Waals surface area contributed by atoms with Gasteiger partial charge in [0.1, 0.15) is 0 Å². The second-order valence-electron chi connectivity index (χ2n) is 6.11. The van der Waals surface area contributed by atoms with Crippen molar-refractivity contribution >= 4 is 27.6 Å². The van der Waals surface area contributed by atoms with Gasteiger partial charge in [-0.05, 0) is 23.6 Å². The van der Waals surface area contributed by atoms with Gasteiger partial charge < -0.3 is 10.1 Å². The summed E-state index contributed by atoms with van der Waals surface area (Å²) < 4.78 is 30.0. The van der Waals surface area contributed by atoms with Crippen molar-refractivity contribution < 1.29 is 22.7 Å². The molecule has 144 valence electrons. The van der Waals surface area contributed by atoms with Crippen molar-refractivity contribution in [3.8, 4) is 0 Å². The smallest absolute Gasteiger partial charge is 0.340 e. The lowest BCUT2D eigenvalue weighted by Crippen LogP contribution is -2.31. The van der Waals surface area contributed by atoms with Gasteiger partial charge in [-0.25, -0.2) is 13.2 Å². The van der Waals surface area contributed by atoms with Gasteiger partial charge in [-0.15, -0.1) is 0 Å². The number of hydrogen-bond donors (Lipinski definition) is 2. The highest BCUT2D eigenvalue weighted by molar-refractivity contribution is 7.92. The van der Waals surface area contributed by atoms with Crippen molar-refractivity contribution in [2.24, 2.45) is 0 Å². The van der Waals surface area contributed by atoms with Crippen LogP contribution in [0.4, 0.5) is 5.69 Å². The first kappa shape index (κ1) is 20.4. The summed E-state index contributed by atoms with van der Waals surface area (Å²) in [6, 6.07) is 15.8. The van der Waals surface area contributed by atoms with Crippen molar-refractivity contribution in [2.75, 3.05) is 24.1 Å². The minimum atomic E-state index is -3.55. The van der Waals surface area contributed by atoms with E-state index in [1.165, 1.54) is 12.1 Å². The third-order valence-electron chi connectivity index (χ3n) is 3.75. The van der Waals surface area contributed by atoms with E-state index in [0.29, 0.717) is 6.54 Å². The quantitative estimate of drug-likeness (QED) is 0.673. The fourth-order valence-corrected chi connectivity index (χ4v) is 2.95. The fraction of sp³-hybridized carbons (Fsp3) is 0.263. The Morgan fingerprint density at radius 1 is 1.04 bits per heavy atom. The van der Waals surface area contributed by atoms with E-state index in [1.54, 1.807) is 12.1 Å². The molecule has 0 aliphatic rings. The third kappa shape index (κ3) is 6.74. The van der Waals surface area contributed by atoms with Gasteiger partial charge >= 0.3 is 5.97 Å². The van der Waals surface area contributed by atoms with Crippen molar-refractivity contribution in [3.63, 3.8) is 0 Å². The van der Waals surface area contributed by atoms with Crippen LogP contribution in [0.1, 0.15) is 28.8 Å². The molecule has 7 nitrogen and oxygen atoms in total. The second kappa shape index (κ2) is 9.18. The zero-order valence-corrected chi connectivity index (χ0v) is 16.0. The number of rotatable bonds is 8. The maximum atomic E-state index is 12.2. The van der Waals surface area contributed by atoms with Crippen LogP contribution >= 0.6 is 0 Å². The first-order valence-corrected chi connectivity index (χ1v) is 10.2. The number of ether oxygens (including phenoxy) is 1. The maximum Gasteiger partial charge on any atom is 0.340 e. The molecule has 1 atom stereocenters. The molecular formula is C19H22N2O5S. The SMILES string of the molecule is C[C@H](CNC(=O)COC(=O)c1ccccc1NS(C)(=O)=O)c1ccccc1. The van der Waals surface area contributed by atoms with Crippen LogP contribution in [0.25, 0.3) is 0 Å². The standard InChI is InChI=1S/C19H22N2O5S/c1-14(15-8-4-3-5-9-15)12-20-18(22)13-26-19(23)16-10-6-7-11-17(16)21-27(2,24)25/h3-11,14,21H,12-13H2,1-2H3,(H,20,22)/t14-/m1/s1. The maximum absolute atomic E-state index is 12.2. The number of amides is 1. The van der Waals surface area contributed by atoms with Gasteiger partial charge in [0.05, 0.1) is 17.5 Å². The normalized spacial score (nSPS) is 12.1. The summed E-state index contributed by atoms with van der Waals surface area (Å²) in [5.41, 5.74) is 1.23. The van der Waals surface area contributed by atoms with Crippen molar-refractivity contribution in [3.05, 3.63) is 65.7 Å². The molecule has 0 fully saturated rings. The Kier molecular flexibility index (Phi) is 6.95. The number of nitrogens with one attached hydrogen (secondary N) is 2. The largest absolute Gasteiger partial charge is 0.452 e. The molecule has 0 unspecified atom stereocenters. The van der Waals surface area contributed by atoms with E-state index in [1.807, 2.05) is 37.3 Å². The Morgan fingerprint density at radius 3 is 2.33 bits per heavy atom. The average Bonchev–Trinajstić information content (AvgIpc) is 2.64. The number of para-hydroxylation sites is 1. The minimum Gasteiger partial charge on any atom is -0.452 e. The molecule has 0 saturated heterocycles. The molecule has 2 N–H and O–H groups in total. The number of anilines is 1. The molecule has 8 heteroatoms. The molecule has 0 aromatic heterocycles. The summed E-state index contributed by atoms with van der Waals surface area (Å²) >= 11 is 0. The first-order chi connectivity index (χ1) is 12.8. The molecule has 0 aliphatic heterocycles. The van der Waals surface area contributed by atoms with Crippen molar-refractivity contribution in [1.82, 2.24) is 5.32 Å². The summed E-state index contributed by atoms with van der Waals surface area (Å²) in [7, 11) is -3.55. The van der Waals surface area contributed by atoms with E-state index in [4.69, 9.17) is 4.74 Å². The third-order valence-corrected chi connectivity index (χ3v) is 4.34. The fourth-order valence-electron chi connectivity index (χ4n) is 2.38. The van der Waals surface area contributed by atoms with Gasteiger partial charge in [-0.1, -0.05) is 49.4 Å². The zero-order valence-electron chi connectivity index (χ0n) is 15.1. The molecule has 0 bridgehead atoms. The lowest BCUT2D eigenvalue weighted by molar-refractivity contribution is -0.124. The Hall–Kier alpha value is -2.87. The van der Waals surface area contributed by atoms with E-state index in [-0.39, 0.29) is 17.2 Å². The average molecular weight is 390 g/mol. The molecule has 0 spiro atoms. The molecular weight excluding hydrogens is 368 g/mol. The molecule has 0 heterocycles. The second-order valence-corrected chi connectivity index (χ2v) is 7.86. The lowest BCUT2D eigenvalue weighted by Gasteiger charge is -2.13. The topological polar surface area (TPSA) is 102 Å². The Balaban J connectivity index is 1.87. The highest BCUT2D eigenvalue weighted by Crippen LogP contribution is 2.17. The van der Waals surface area contributed by atoms with Crippen molar-refractivity contribution in [1.29, 1.82) is 0 Å². The van der Waals surface area contributed by atoms with Gasteiger partial charge in [0.2, 0.25) is 10.0 Å². The van der Waals surface area contributed by atoms with Crippen LogP contribution in [0.3, 0.4) is 0 Å². The minimum absolute atomic E-state index is 0.0355. The van der Waals surface area contributed by atoms with E-state index < -0.39 is 28.5 Å². The molecule has 2 aromatic rings. The van der Waals surface area contributed by atoms with Gasteiger partial charge in [0, 0.05) is 6.54 Å². The van der Waals surface area contributed by atoms with E-state index in [9.17, 15) is 18.0 Å². The molecule has 27 heavy (non-hydrogen) atoms. The molecule has 0 radical (unpaired) electrons. The summed E-state index contributed by atoms with van der Waals surface area (Å²) in [6.45, 7) is 1.94. The van der Waals surface area contributed by atoms with Crippen LogP contribution < -0.4 is 10.0 Å². The summed E-state index contributed by atoms with van der Waals surface area (Å²) in [4.78, 5) is 24.1. The van der Waals surface area contributed by atoms with E-state index in [0.717, 1.165) is 11.8 Å². The Morgan fingerprint density at radius 2 is 1.67 bits per heavy atom. The molecule has 2 rings (SSSR count). The number of sulfonamides is 1. The van der Waals surface area contributed by atoms with E-state index in [2.05, 4.69) is 10.0 Å². The van der Waals surface area contributed by atoms with Gasteiger partial charge in [-0.3, -0.25) is 9.52 Å². The number of carbonyl (C=O) groups excluding carboxylic acids is 2.